The van der Waals surface area contributed by atoms with Gasteiger partial charge in [0, 0.05) is 27.4 Å². The fourth-order valence-corrected chi connectivity index (χ4v) is 10.1. The predicted octanol–water partition coefficient (Wildman–Crippen LogP) is 20.8. The van der Waals surface area contributed by atoms with E-state index in [4.69, 9.17) is 140 Å². The fourth-order valence-electron chi connectivity index (χ4n) is 10.1. The quantitative estimate of drug-likeness (QED) is 0.0238. The molecule has 0 radical (unpaired) electrons. The van der Waals surface area contributed by atoms with Crippen molar-refractivity contribution in [2.75, 3.05) is 104 Å². The molecule has 10 aromatic carbocycles. The Hall–Kier alpha value is -11.0. The highest BCUT2D eigenvalue weighted by Crippen LogP contribution is 2.34. The van der Waals surface area contributed by atoms with Crippen LogP contribution in [0.4, 0.5) is 0 Å². The third-order valence-corrected chi connectivity index (χ3v) is 16.3. The molecule has 10 rings (SSSR count). The molecule has 0 aliphatic heterocycles. The van der Waals surface area contributed by atoms with E-state index in [1.807, 2.05) is 0 Å². The van der Waals surface area contributed by atoms with Crippen molar-refractivity contribution in [2.24, 2.45) is 0 Å². The molecule has 680 valence electrons. The van der Waals surface area contributed by atoms with Crippen molar-refractivity contribution in [3.8, 4) is 86.2 Å². The van der Waals surface area contributed by atoms with Crippen LogP contribution in [0.2, 0.25) is 0 Å². The second-order valence-corrected chi connectivity index (χ2v) is 26.2. The molecule has 0 bridgehead atoms. The Morgan fingerprint density at radius 3 is 0.592 bits per heavy atom. The third-order valence-electron chi connectivity index (χ3n) is 16.3. The number of methoxy groups -OCH3 is 10. The van der Waals surface area contributed by atoms with Gasteiger partial charge in [-0.3, -0.25) is 0 Å². The van der Waals surface area contributed by atoms with Crippen molar-refractivity contribution in [1.82, 2.24) is 0 Å². The van der Waals surface area contributed by atoms with Gasteiger partial charge in [0.15, 0.2) is 57.5 Å². The molecule has 10 aromatic rings. The normalized spacial score (nSPS) is 21.2. The molecule has 20 heteroatoms. The average molecular weight is 1770 g/mol. The first-order valence-electron chi connectivity index (χ1n) is 63.3. The van der Waals surface area contributed by atoms with Crippen LogP contribution in [0.15, 0.2) is 212 Å². The zero-order chi connectivity index (χ0) is 134. The second-order valence-electron chi connectivity index (χ2n) is 26.2. The maximum atomic E-state index is 10.5. The lowest BCUT2D eigenvalue weighted by Crippen LogP contribution is -2.17. The van der Waals surface area contributed by atoms with Crippen LogP contribution in [-0.4, -0.2) is 159 Å². The first-order chi connectivity index (χ1) is 79.1. The minimum atomic E-state index is -3.07. The van der Waals surface area contributed by atoms with Crippen molar-refractivity contribution in [2.45, 2.75) is 193 Å². The van der Waals surface area contributed by atoms with Crippen molar-refractivity contribution in [3.05, 3.63) is 268 Å². The molecule has 0 heterocycles. The molecule has 5 unspecified atom stereocenters. The van der Waals surface area contributed by atoms with E-state index in [-0.39, 0.29) is 91.2 Å². The number of hydrogen-bond acceptors (Lipinski definition) is 20. The highest BCUT2D eigenvalue weighted by Gasteiger charge is 2.15. The first kappa shape index (κ1) is 51.0. The molecule has 0 aliphatic carbocycles. The van der Waals surface area contributed by atoms with Gasteiger partial charge in [-0.2, -0.15) is 0 Å². The van der Waals surface area contributed by atoms with E-state index in [0.717, 1.165) is 76.3 Å². The zero-order valence-electron chi connectivity index (χ0n) is 121. The summed E-state index contributed by atoms with van der Waals surface area (Å²) in [5.41, 5.74) is 2.60. The molecule has 5 atom stereocenters. The summed E-state index contributed by atoms with van der Waals surface area (Å²) in [5.74, 6) is -1.21. The smallest absolute Gasteiger partial charge is 0.160 e. The number of ether oxygens (including phenoxy) is 15. The summed E-state index contributed by atoms with van der Waals surface area (Å²) in [6.45, 7) is -5.92. The van der Waals surface area contributed by atoms with Crippen molar-refractivity contribution < 1.29 is 165 Å². The molecular weight excluding hydrogens is 1580 g/mol. The maximum absolute atomic E-state index is 10.5. The van der Waals surface area contributed by atoms with Crippen LogP contribution in [0.5, 0.6) is 86.2 Å². The van der Waals surface area contributed by atoms with Crippen LogP contribution < -0.4 is 71.1 Å². The average Bonchev–Trinajstić information content (AvgIpc) is 0.795. The maximum Gasteiger partial charge on any atom is 0.160 e. The molecule has 0 saturated heterocycles. The van der Waals surface area contributed by atoms with Crippen LogP contribution in [0.3, 0.4) is 0 Å². The summed E-state index contributed by atoms with van der Waals surface area (Å²) in [5, 5.41) is 52.4. The molecule has 0 saturated carbocycles. The Kier molecular flexibility index (Phi) is 24.4. The van der Waals surface area contributed by atoms with Gasteiger partial charge >= 0.3 is 0 Å². The summed E-state index contributed by atoms with van der Waals surface area (Å²) in [6, 6.07) is 48.7. The van der Waals surface area contributed by atoms with Crippen LogP contribution in [0.1, 0.15) is 220 Å². The molecular formula is C105H140O20. The van der Waals surface area contributed by atoms with E-state index < -0.39 is 243 Å². The largest absolute Gasteiger partial charge is 0.493 e. The molecule has 0 fully saturated rings. The lowest BCUT2D eigenvalue weighted by atomic mass is 10.0. The highest BCUT2D eigenvalue weighted by molar-refractivity contribution is 5.47. The molecule has 20 nitrogen and oxygen atoms in total. The molecule has 5 N–H and O–H groups in total. The van der Waals surface area contributed by atoms with Crippen LogP contribution >= 0.6 is 0 Å². The number of aryl methyl sites for hydroxylation is 10. The topological polar surface area (TPSA) is 240 Å². The van der Waals surface area contributed by atoms with E-state index >= 15 is 0 Å². The Morgan fingerprint density at radius 1 is 0.240 bits per heavy atom. The first-order valence-corrected chi connectivity index (χ1v) is 38.3. The Morgan fingerprint density at radius 2 is 0.416 bits per heavy atom. The van der Waals surface area contributed by atoms with Crippen molar-refractivity contribution >= 4 is 0 Å². The van der Waals surface area contributed by atoms with Crippen molar-refractivity contribution in [3.63, 3.8) is 0 Å². The summed E-state index contributed by atoms with van der Waals surface area (Å²) in [6.07, 6.45) is -49.5. The van der Waals surface area contributed by atoms with E-state index in [2.05, 4.69) is 0 Å². The predicted molar refractivity (Wildman–Crippen MR) is 499 cm³/mol. The van der Waals surface area contributed by atoms with Gasteiger partial charge in [0.2, 0.25) is 0 Å². The van der Waals surface area contributed by atoms with Gasteiger partial charge in [0.25, 0.3) is 0 Å². The summed E-state index contributed by atoms with van der Waals surface area (Å²) >= 11 is 0. The standard InChI is InChI=1S/5C21H28O4/c5*1-16-7-6-10-19(13-16)25-15-18(22)9-5-4-8-17-11-12-20(23-2)21(14-17)24-3/h5*6-7,10-14,18,22H,4-5,8-9,15H2,1-3H3/i2D3,3D3,4D2,8D2,15D2,18D;2*3D3,4D2,8D2,15D2,18D;2D3,4D2,8D2,15D2,18D;4D2,8D2,15D2,18D. The van der Waals surface area contributed by atoms with E-state index in [1.165, 1.54) is 133 Å². The number of hydrogen-bond donors (Lipinski definition) is 5. The van der Waals surface area contributed by atoms with Gasteiger partial charge in [-0.1, -0.05) is 123 Å². The minimum Gasteiger partial charge on any atom is -0.493 e. The van der Waals surface area contributed by atoms with Gasteiger partial charge in [-0.15, -0.1) is 0 Å². The SMILES string of the molecule is [2H]C([2H])(CCC([2H])(O)C([2H])([2H])Oc1cccc(C)c1)C([2H])([2H])c1ccc(OC)c(OC)c1.[2H]C([2H])([2H])Oc1cc(C([2H])([2H])C([2H])([2H])CCC([2H])(O)C([2H])([2H])Oc2cccc(C)c2)ccc1OC.[2H]C([2H])([2H])Oc1cc(C([2H])([2H])C([2H])([2H])CCC([2H])(O)C([2H])([2H])Oc2cccc(C)c2)ccc1OC.[2H]C([2H])([2H])Oc1ccc(C([2H])([2H])C([2H])([2H])CCC([2H])(O)C([2H])([2H])Oc2cccc(C)c2)cc1OC.[2H]C([2H])([2H])Oc1ccc(C([2H])([2H])C([2H])([2H])CCC([2H])(O)C([2H])([2H])Oc2cccc(C)c2)cc1OC([2H])([2H])[2H]. The Bertz CT molecular complexity index is 6840. The summed E-state index contributed by atoms with van der Waals surface area (Å²) in [4.78, 5) is 0. The van der Waals surface area contributed by atoms with E-state index in [9.17, 15) is 25.5 Å². The number of aliphatic hydroxyl groups is 5. The summed E-state index contributed by atoms with van der Waals surface area (Å²) < 4.78 is 471. The van der Waals surface area contributed by atoms with Gasteiger partial charge in [0.05, 0.1) is 142 Å². The Balaban J connectivity index is 0.000000331. The van der Waals surface area contributed by atoms with Gasteiger partial charge in [-0.05, 0) is 307 Å². The van der Waals surface area contributed by atoms with E-state index in [1.54, 1.807) is 101 Å². The molecule has 0 spiro atoms. The van der Waals surface area contributed by atoms with Crippen molar-refractivity contribution in [1.29, 1.82) is 0 Å². The number of rotatable bonds is 50. The molecule has 125 heavy (non-hydrogen) atoms. The zero-order valence-corrected chi connectivity index (χ0v) is 70.6. The van der Waals surface area contributed by atoms with Gasteiger partial charge < -0.3 is 96.6 Å². The van der Waals surface area contributed by atoms with Gasteiger partial charge in [0.1, 0.15) is 61.5 Å². The number of benzene rings is 10. The monoisotopic (exact) mass is 1770 g/mol. The molecule has 0 aliphatic rings. The fraction of sp³-hybridized carbons (Fsp3) is 0.429. The van der Waals surface area contributed by atoms with E-state index in [0.29, 0.717) is 5.75 Å². The van der Waals surface area contributed by atoms with Crippen LogP contribution in [0.25, 0.3) is 0 Å². The molecule has 0 aromatic heterocycles. The van der Waals surface area contributed by atoms with Crippen LogP contribution in [-0.2, 0) is 31.9 Å². The molecule has 0 amide bonds. The lowest BCUT2D eigenvalue weighted by molar-refractivity contribution is 0.0976. The minimum absolute atomic E-state index is 0.00302. The Labute approximate surface area is 814 Å². The second kappa shape index (κ2) is 59.8. The van der Waals surface area contributed by atoms with Crippen LogP contribution in [0, 0.1) is 34.6 Å². The van der Waals surface area contributed by atoms with Gasteiger partial charge in [-0.25, -0.2) is 0 Å². The lowest BCUT2D eigenvalue weighted by Gasteiger charge is -2.13. The third kappa shape index (κ3) is 41.1. The summed E-state index contributed by atoms with van der Waals surface area (Å²) in [7, 11) is -8.01. The highest BCUT2D eigenvalue weighted by atomic mass is 16.5.